The van der Waals surface area contributed by atoms with Crippen LogP contribution >= 0.6 is 0 Å². The van der Waals surface area contributed by atoms with Gasteiger partial charge < -0.3 is 4.52 Å². The molecule has 0 bridgehead atoms. The van der Waals surface area contributed by atoms with Gasteiger partial charge in [0.15, 0.2) is 0 Å². The summed E-state index contributed by atoms with van der Waals surface area (Å²) in [7, 11) is 0. The highest BCUT2D eigenvalue weighted by atomic mass is 16.5. The summed E-state index contributed by atoms with van der Waals surface area (Å²) < 4.78 is 4.28. The second-order valence-electron chi connectivity index (χ2n) is 1.30. The Bertz CT molecular complexity index is 142. The van der Waals surface area contributed by atoms with Crippen LogP contribution in [0.3, 0.4) is 0 Å². The highest BCUT2D eigenvalue weighted by Gasteiger charge is 1.97. The first-order valence-electron chi connectivity index (χ1n) is 1.88. The maximum Gasteiger partial charge on any atom is 0.311 e. The largest absolute Gasteiger partial charge is 0.361 e. The Balaban J connectivity index is 3.12. The second-order valence-corrected chi connectivity index (χ2v) is 1.30. The number of nitrogens with zero attached hydrogens (tertiary/aromatic N) is 1. The van der Waals surface area contributed by atoms with E-state index in [9.17, 15) is 5.11 Å². The quantitative estimate of drug-likeness (QED) is 0.488. The summed E-state index contributed by atoms with van der Waals surface area (Å²) in [5.74, 6) is -0.278. The van der Waals surface area contributed by atoms with Crippen molar-refractivity contribution in [3.8, 4) is 5.88 Å². The molecular formula is C4H4NO2. The van der Waals surface area contributed by atoms with Crippen molar-refractivity contribution >= 4 is 0 Å². The monoisotopic (exact) mass is 98.0 g/mol. The van der Waals surface area contributed by atoms with Gasteiger partial charge in [-0.05, 0) is 12.1 Å². The summed E-state index contributed by atoms with van der Waals surface area (Å²) in [6.45, 7) is 1.65. The average molecular weight is 98.1 g/mol. The normalized spacial score (nSPS) is 9.29. The minimum absolute atomic E-state index is 0.278. The molecule has 7 heavy (non-hydrogen) atoms. The van der Waals surface area contributed by atoms with E-state index in [0.717, 1.165) is 0 Å². The van der Waals surface area contributed by atoms with Crippen LogP contribution in [0.25, 0.3) is 0 Å². The van der Waals surface area contributed by atoms with Crippen LogP contribution in [-0.2, 0) is 5.11 Å². The van der Waals surface area contributed by atoms with Gasteiger partial charge in [0.05, 0.1) is 5.56 Å². The van der Waals surface area contributed by atoms with Gasteiger partial charge >= 0.3 is 5.88 Å². The number of hydrogen-bond acceptors (Lipinski definition) is 2. The Morgan fingerprint density at radius 2 is 2.57 bits per heavy atom. The predicted octanol–water partition coefficient (Wildman–Crippen LogP) is 1.13. The van der Waals surface area contributed by atoms with Gasteiger partial charge in [0.25, 0.3) is 0 Å². The van der Waals surface area contributed by atoms with Crippen molar-refractivity contribution in [1.82, 2.24) is 5.16 Å². The van der Waals surface area contributed by atoms with Crippen LogP contribution < -0.4 is 0 Å². The molecule has 0 unspecified atom stereocenters. The lowest BCUT2D eigenvalue weighted by Gasteiger charge is -1.68. The van der Waals surface area contributed by atoms with Crippen LogP contribution in [0.1, 0.15) is 5.56 Å². The molecule has 0 N–H and O–H groups in total. The molecule has 1 aromatic heterocycles. The first-order valence-corrected chi connectivity index (χ1v) is 1.88. The van der Waals surface area contributed by atoms with Gasteiger partial charge in [0.2, 0.25) is 0 Å². The van der Waals surface area contributed by atoms with Crippen molar-refractivity contribution in [1.29, 1.82) is 0 Å². The van der Waals surface area contributed by atoms with E-state index in [1.807, 2.05) is 0 Å². The fourth-order valence-electron chi connectivity index (χ4n) is 0.276. The van der Waals surface area contributed by atoms with Crippen LogP contribution in [0.2, 0.25) is 0 Å². The molecule has 0 aliphatic heterocycles. The standard InChI is InChI=1S/C4H4NO2/c1-3-2-7-5-4(3)6/h2H,1H3. The van der Waals surface area contributed by atoms with Crippen LogP contribution in [0.5, 0.6) is 5.88 Å². The van der Waals surface area contributed by atoms with E-state index in [4.69, 9.17) is 0 Å². The Hall–Kier alpha value is -0.990. The first kappa shape index (κ1) is 4.18. The van der Waals surface area contributed by atoms with Crippen molar-refractivity contribution in [2.45, 2.75) is 6.92 Å². The van der Waals surface area contributed by atoms with E-state index in [1.165, 1.54) is 6.26 Å². The van der Waals surface area contributed by atoms with E-state index in [0.29, 0.717) is 5.56 Å². The summed E-state index contributed by atoms with van der Waals surface area (Å²) in [4.78, 5) is 0. The third-order valence-corrected chi connectivity index (χ3v) is 0.702. The van der Waals surface area contributed by atoms with Crippen LogP contribution in [0.15, 0.2) is 10.8 Å². The van der Waals surface area contributed by atoms with Gasteiger partial charge in [-0.1, -0.05) is 0 Å². The molecular weight excluding hydrogens is 94.0 g/mol. The second kappa shape index (κ2) is 1.26. The SMILES string of the molecule is Cc1conc1[O]. The fourth-order valence-corrected chi connectivity index (χ4v) is 0.276. The molecule has 1 rings (SSSR count). The molecule has 1 aromatic rings. The van der Waals surface area contributed by atoms with Gasteiger partial charge in [0, 0.05) is 0 Å². The number of hydrogen-bond donors (Lipinski definition) is 0. The molecule has 3 nitrogen and oxygen atoms in total. The van der Waals surface area contributed by atoms with Crippen molar-refractivity contribution in [2.24, 2.45) is 0 Å². The smallest absolute Gasteiger partial charge is 0.311 e. The summed E-state index contributed by atoms with van der Waals surface area (Å²) in [5, 5.41) is 13.3. The molecule has 0 aliphatic rings. The van der Waals surface area contributed by atoms with Crippen LogP contribution in [0, 0.1) is 6.92 Å². The van der Waals surface area contributed by atoms with Crippen molar-refractivity contribution in [2.75, 3.05) is 0 Å². The summed E-state index contributed by atoms with van der Waals surface area (Å²) in [6.07, 6.45) is 1.32. The molecule has 1 radical (unpaired) electrons. The molecule has 0 atom stereocenters. The lowest BCUT2D eigenvalue weighted by molar-refractivity contribution is 0.295. The van der Waals surface area contributed by atoms with Gasteiger partial charge in [-0.25, -0.2) is 0 Å². The molecule has 3 heteroatoms. The highest BCUT2D eigenvalue weighted by molar-refractivity contribution is 5.15. The molecule has 0 amide bonds. The third kappa shape index (κ3) is 0.559. The van der Waals surface area contributed by atoms with Crippen molar-refractivity contribution in [3.05, 3.63) is 11.8 Å². The minimum atomic E-state index is -0.278. The molecule has 0 saturated carbocycles. The molecule has 37 valence electrons. The zero-order valence-corrected chi connectivity index (χ0v) is 3.84. The van der Waals surface area contributed by atoms with Crippen LogP contribution in [-0.4, -0.2) is 5.16 Å². The van der Waals surface area contributed by atoms with Crippen LogP contribution in [0.4, 0.5) is 0 Å². The molecule has 0 aliphatic carbocycles. The Kier molecular flexibility index (Phi) is 0.749. The molecule has 0 fully saturated rings. The summed E-state index contributed by atoms with van der Waals surface area (Å²) in [6, 6.07) is 0. The van der Waals surface area contributed by atoms with E-state index >= 15 is 0 Å². The zero-order valence-electron chi connectivity index (χ0n) is 3.84. The summed E-state index contributed by atoms with van der Waals surface area (Å²) >= 11 is 0. The lowest BCUT2D eigenvalue weighted by Crippen LogP contribution is -1.58. The van der Waals surface area contributed by atoms with Crippen molar-refractivity contribution < 1.29 is 9.63 Å². The number of aromatic nitrogens is 1. The molecule has 0 spiro atoms. The maximum absolute atomic E-state index is 10.2. The van der Waals surface area contributed by atoms with E-state index in [-0.39, 0.29) is 5.88 Å². The third-order valence-electron chi connectivity index (χ3n) is 0.702. The summed E-state index contributed by atoms with van der Waals surface area (Å²) in [5.41, 5.74) is 0.556. The minimum Gasteiger partial charge on any atom is -0.361 e. The van der Waals surface area contributed by atoms with Gasteiger partial charge in [-0.2, -0.15) is 0 Å². The highest BCUT2D eigenvalue weighted by Crippen LogP contribution is 2.10. The van der Waals surface area contributed by atoms with E-state index in [1.54, 1.807) is 6.92 Å². The topological polar surface area (TPSA) is 45.9 Å². The predicted molar refractivity (Wildman–Crippen MR) is 21.4 cm³/mol. The average Bonchev–Trinajstić information content (AvgIpc) is 1.91. The first-order chi connectivity index (χ1) is 3.30. The number of rotatable bonds is 0. The van der Waals surface area contributed by atoms with Gasteiger partial charge in [-0.3, -0.25) is 5.11 Å². The Morgan fingerprint density at radius 1 is 1.86 bits per heavy atom. The molecule has 1 heterocycles. The fraction of sp³-hybridized carbons (Fsp3) is 0.250. The Morgan fingerprint density at radius 3 is 2.71 bits per heavy atom. The van der Waals surface area contributed by atoms with E-state index in [2.05, 4.69) is 9.68 Å². The lowest BCUT2D eigenvalue weighted by atomic mass is 10.4. The molecule has 0 aromatic carbocycles. The number of aryl methyl sites for hydroxylation is 1. The zero-order chi connectivity index (χ0) is 5.28. The van der Waals surface area contributed by atoms with Crippen molar-refractivity contribution in [3.63, 3.8) is 0 Å². The maximum atomic E-state index is 10.2. The van der Waals surface area contributed by atoms with Gasteiger partial charge in [-0.15, -0.1) is 0 Å². The Labute approximate surface area is 40.6 Å². The molecule has 0 saturated heterocycles. The van der Waals surface area contributed by atoms with Gasteiger partial charge in [0.1, 0.15) is 6.26 Å². The van der Waals surface area contributed by atoms with E-state index < -0.39 is 0 Å².